The van der Waals surface area contributed by atoms with Crippen molar-refractivity contribution < 1.29 is 9.90 Å². The molecular formula is C12H16N4O2. The molecule has 4 aliphatic rings. The molecule has 4 saturated carbocycles. The predicted octanol–water partition coefficient (Wildman–Crippen LogP) is 1.05. The third-order valence-electron chi connectivity index (χ3n) is 5.26. The van der Waals surface area contributed by atoms with Gasteiger partial charge in [0.15, 0.2) is 6.33 Å². The van der Waals surface area contributed by atoms with E-state index in [1.807, 2.05) is 0 Å². The van der Waals surface area contributed by atoms with Crippen molar-refractivity contribution in [3.63, 3.8) is 0 Å². The molecule has 1 heterocycles. The molecule has 1 aromatic rings. The molecule has 0 spiro atoms. The molecule has 5 rings (SSSR count). The van der Waals surface area contributed by atoms with Crippen molar-refractivity contribution in [3.05, 3.63) is 6.33 Å². The van der Waals surface area contributed by atoms with Crippen LogP contribution < -0.4 is 0 Å². The lowest BCUT2D eigenvalue weighted by Gasteiger charge is -2.59. The Morgan fingerprint density at radius 1 is 1.28 bits per heavy atom. The summed E-state index contributed by atoms with van der Waals surface area (Å²) in [5, 5.41) is 21.7. The highest BCUT2D eigenvalue weighted by Gasteiger charge is 2.62. The predicted molar refractivity (Wildman–Crippen MR) is 60.5 cm³/mol. The lowest BCUT2D eigenvalue weighted by atomic mass is 9.47. The maximum Gasteiger partial charge on any atom is 0.309 e. The molecule has 1 N–H and O–H groups in total. The minimum atomic E-state index is -0.624. The van der Waals surface area contributed by atoms with Gasteiger partial charge in [-0.15, -0.1) is 10.2 Å². The molecule has 0 aromatic carbocycles. The highest BCUT2D eigenvalue weighted by molar-refractivity contribution is 5.75. The minimum absolute atomic E-state index is 0.182. The van der Waals surface area contributed by atoms with Gasteiger partial charge in [-0.1, -0.05) is 0 Å². The summed E-state index contributed by atoms with van der Waals surface area (Å²) in [5.41, 5.74) is -0.712. The van der Waals surface area contributed by atoms with Gasteiger partial charge in [0.05, 0.1) is 11.0 Å². The van der Waals surface area contributed by atoms with Crippen LogP contribution in [0.3, 0.4) is 0 Å². The van der Waals surface area contributed by atoms with E-state index in [2.05, 4.69) is 15.4 Å². The molecule has 2 atom stereocenters. The third kappa shape index (κ3) is 1.18. The summed E-state index contributed by atoms with van der Waals surface area (Å²) in [6, 6.07) is 0. The Kier molecular flexibility index (Phi) is 1.80. The highest BCUT2D eigenvalue weighted by atomic mass is 16.4. The van der Waals surface area contributed by atoms with Gasteiger partial charge in [-0.3, -0.25) is 4.79 Å². The van der Waals surface area contributed by atoms with Crippen molar-refractivity contribution in [3.8, 4) is 0 Å². The van der Waals surface area contributed by atoms with Gasteiger partial charge >= 0.3 is 5.97 Å². The smallest absolute Gasteiger partial charge is 0.309 e. The van der Waals surface area contributed by atoms with Crippen LogP contribution in [0.1, 0.15) is 38.5 Å². The number of carboxylic acids is 1. The number of tetrazole rings is 1. The summed E-state index contributed by atoms with van der Waals surface area (Å²) in [5.74, 6) is 0.419. The normalized spacial score (nSPS) is 45.3. The largest absolute Gasteiger partial charge is 0.481 e. The number of rotatable bonds is 2. The fourth-order valence-electron chi connectivity index (χ4n) is 5.08. The number of hydrogen-bond donors (Lipinski definition) is 1. The number of carbonyl (C=O) groups is 1. The summed E-state index contributed by atoms with van der Waals surface area (Å²) in [6.07, 6.45) is 7.05. The van der Waals surface area contributed by atoms with Crippen LogP contribution in [-0.2, 0) is 10.3 Å². The van der Waals surface area contributed by atoms with Crippen LogP contribution in [0.2, 0.25) is 0 Å². The van der Waals surface area contributed by atoms with E-state index in [1.54, 1.807) is 4.80 Å². The molecule has 6 nitrogen and oxygen atoms in total. The van der Waals surface area contributed by atoms with Crippen LogP contribution in [0.15, 0.2) is 6.33 Å². The van der Waals surface area contributed by atoms with Crippen LogP contribution in [0.4, 0.5) is 0 Å². The SMILES string of the molecule is O=C(O)C12C[C@@H]3C[C@@H](C1)CC(n1ncnn1)(C3)C2. The van der Waals surface area contributed by atoms with E-state index in [0.717, 1.165) is 25.7 Å². The molecular weight excluding hydrogens is 232 g/mol. The first-order valence-corrected chi connectivity index (χ1v) is 6.59. The zero-order valence-corrected chi connectivity index (χ0v) is 10.1. The Morgan fingerprint density at radius 2 is 2.00 bits per heavy atom. The first kappa shape index (κ1) is 10.5. The second kappa shape index (κ2) is 3.10. The second-order valence-electron chi connectivity index (χ2n) is 6.50. The van der Waals surface area contributed by atoms with E-state index in [0.29, 0.717) is 18.3 Å². The second-order valence-corrected chi connectivity index (χ2v) is 6.50. The van der Waals surface area contributed by atoms with Gasteiger partial charge < -0.3 is 5.11 Å². The number of aliphatic carboxylic acids is 1. The van der Waals surface area contributed by atoms with E-state index in [1.165, 1.54) is 12.7 Å². The Hall–Kier alpha value is -1.46. The molecule has 0 saturated heterocycles. The van der Waals surface area contributed by atoms with Gasteiger partial charge in [0, 0.05) is 0 Å². The molecule has 4 bridgehead atoms. The van der Waals surface area contributed by atoms with Crippen molar-refractivity contribution >= 4 is 5.97 Å². The van der Waals surface area contributed by atoms with Crippen molar-refractivity contribution in [2.24, 2.45) is 17.3 Å². The standard InChI is InChI=1S/C12H16N4O2/c17-10(18)11-2-8-1-9(3-11)5-12(4-8,6-11)16-14-7-13-15-16/h7-9H,1-6H2,(H,17,18)/t8-,9-,11?,12?/m0/s1. The molecule has 0 unspecified atom stereocenters. The number of hydrogen-bond acceptors (Lipinski definition) is 4. The molecule has 0 radical (unpaired) electrons. The fourth-order valence-corrected chi connectivity index (χ4v) is 5.08. The molecule has 1 aromatic heterocycles. The lowest BCUT2D eigenvalue weighted by Crippen LogP contribution is -2.59. The Bertz CT molecular complexity index is 484. The van der Waals surface area contributed by atoms with E-state index >= 15 is 0 Å². The highest BCUT2D eigenvalue weighted by Crippen LogP contribution is 2.63. The fraction of sp³-hybridized carbons (Fsp3) is 0.833. The van der Waals surface area contributed by atoms with Crippen molar-refractivity contribution in [2.45, 2.75) is 44.1 Å². The Balaban J connectivity index is 1.81. The van der Waals surface area contributed by atoms with Gasteiger partial charge in [-0.25, -0.2) is 0 Å². The average molecular weight is 248 g/mol. The van der Waals surface area contributed by atoms with Gasteiger partial charge in [0.2, 0.25) is 0 Å². The number of carboxylic acid groups (broad SMARTS) is 1. The van der Waals surface area contributed by atoms with Crippen LogP contribution >= 0.6 is 0 Å². The first-order chi connectivity index (χ1) is 8.62. The zero-order chi connectivity index (χ0) is 12.4. The molecule has 0 amide bonds. The Labute approximate surface area is 104 Å². The zero-order valence-electron chi connectivity index (χ0n) is 10.1. The van der Waals surface area contributed by atoms with Gasteiger partial charge in [-0.2, -0.15) is 4.80 Å². The van der Waals surface area contributed by atoms with E-state index in [-0.39, 0.29) is 5.54 Å². The van der Waals surface area contributed by atoms with Crippen LogP contribution in [0.5, 0.6) is 0 Å². The van der Waals surface area contributed by atoms with E-state index < -0.39 is 11.4 Å². The average Bonchev–Trinajstić information content (AvgIpc) is 2.80. The van der Waals surface area contributed by atoms with Gasteiger partial charge in [-0.05, 0) is 55.6 Å². The molecule has 18 heavy (non-hydrogen) atoms. The summed E-state index contributed by atoms with van der Waals surface area (Å²) >= 11 is 0. The van der Waals surface area contributed by atoms with Crippen molar-refractivity contribution in [1.82, 2.24) is 20.2 Å². The topological polar surface area (TPSA) is 80.9 Å². The molecule has 0 aliphatic heterocycles. The molecule has 96 valence electrons. The van der Waals surface area contributed by atoms with E-state index in [9.17, 15) is 9.90 Å². The van der Waals surface area contributed by atoms with Crippen LogP contribution in [0, 0.1) is 17.3 Å². The summed E-state index contributed by atoms with van der Waals surface area (Å²) in [7, 11) is 0. The lowest BCUT2D eigenvalue weighted by molar-refractivity contribution is -0.174. The van der Waals surface area contributed by atoms with Gasteiger partial charge in [0.25, 0.3) is 0 Å². The monoisotopic (exact) mass is 248 g/mol. The summed E-state index contributed by atoms with van der Waals surface area (Å²) < 4.78 is 0. The minimum Gasteiger partial charge on any atom is -0.481 e. The summed E-state index contributed by atoms with van der Waals surface area (Å²) in [6.45, 7) is 0. The van der Waals surface area contributed by atoms with Gasteiger partial charge in [0.1, 0.15) is 0 Å². The molecule has 6 heteroatoms. The number of nitrogens with zero attached hydrogens (tertiary/aromatic N) is 4. The molecule has 4 aliphatic carbocycles. The van der Waals surface area contributed by atoms with Crippen LogP contribution in [0.25, 0.3) is 0 Å². The van der Waals surface area contributed by atoms with Crippen molar-refractivity contribution in [1.29, 1.82) is 0 Å². The quantitative estimate of drug-likeness (QED) is 0.846. The molecule has 4 fully saturated rings. The van der Waals surface area contributed by atoms with Crippen LogP contribution in [-0.4, -0.2) is 31.3 Å². The maximum atomic E-state index is 11.7. The number of aromatic nitrogens is 4. The maximum absolute atomic E-state index is 11.7. The Morgan fingerprint density at radius 3 is 2.56 bits per heavy atom. The third-order valence-corrected chi connectivity index (χ3v) is 5.26. The van der Waals surface area contributed by atoms with E-state index in [4.69, 9.17) is 0 Å². The van der Waals surface area contributed by atoms with Crippen molar-refractivity contribution in [2.75, 3.05) is 0 Å². The first-order valence-electron chi connectivity index (χ1n) is 6.59. The summed E-state index contributed by atoms with van der Waals surface area (Å²) in [4.78, 5) is 13.4.